The van der Waals surface area contributed by atoms with Crippen LogP contribution in [0.1, 0.15) is 50.5 Å². The Morgan fingerprint density at radius 2 is 2.00 bits per heavy atom. The van der Waals surface area contributed by atoms with E-state index in [9.17, 15) is 9.59 Å². The van der Waals surface area contributed by atoms with Crippen LogP contribution in [0.5, 0.6) is 0 Å². The number of amides is 2. The first-order valence-corrected chi connectivity index (χ1v) is 8.55. The lowest BCUT2D eigenvalue weighted by Crippen LogP contribution is -2.54. The van der Waals surface area contributed by atoms with Crippen LogP contribution in [-0.2, 0) is 16.1 Å². The molecule has 2 aliphatic rings. The van der Waals surface area contributed by atoms with E-state index in [0.717, 1.165) is 56.3 Å². The molecule has 1 aliphatic heterocycles. The first-order chi connectivity index (χ1) is 11.1. The number of carbonyl (C=O) groups excluding carboxylic acids is 2. The Morgan fingerprint density at radius 1 is 1.22 bits per heavy atom. The lowest BCUT2D eigenvalue weighted by Gasteiger charge is -2.31. The van der Waals surface area contributed by atoms with Gasteiger partial charge >= 0.3 is 0 Å². The van der Waals surface area contributed by atoms with Crippen molar-refractivity contribution in [3.05, 3.63) is 29.8 Å². The Morgan fingerprint density at radius 3 is 2.70 bits per heavy atom. The molecule has 0 atom stereocenters. The van der Waals surface area contributed by atoms with Crippen molar-refractivity contribution < 1.29 is 9.59 Å². The van der Waals surface area contributed by atoms with Crippen LogP contribution in [0.3, 0.4) is 0 Å². The fraction of sp³-hybridized carbons (Fsp3) is 0.556. The summed E-state index contributed by atoms with van der Waals surface area (Å²) in [5, 5.41) is 2.97. The predicted octanol–water partition coefficient (Wildman–Crippen LogP) is 2.09. The van der Waals surface area contributed by atoms with E-state index >= 15 is 0 Å². The minimum absolute atomic E-state index is 0.0557. The van der Waals surface area contributed by atoms with E-state index in [1.54, 1.807) is 0 Å². The highest BCUT2D eigenvalue weighted by atomic mass is 16.2. The summed E-state index contributed by atoms with van der Waals surface area (Å²) in [5.41, 5.74) is 7.45. The van der Waals surface area contributed by atoms with E-state index in [1.807, 2.05) is 29.2 Å². The molecular weight excluding hydrogens is 290 g/mol. The average molecular weight is 315 g/mol. The normalized spacial score (nSPS) is 20.6. The topological polar surface area (TPSA) is 75.4 Å². The van der Waals surface area contributed by atoms with Gasteiger partial charge in [-0.1, -0.05) is 31.4 Å². The maximum Gasteiger partial charge on any atom is 0.240 e. The van der Waals surface area contributed by atoms with Crippen LogP contribution in [0.15, 0.2) is 24.3 Å². The zero-order chi connectivity index (χ0) is 16.3. The number of nitrogens with zero attached hydrogens (tertiary/aromatic N) is 1. The second-order valence-electron chi connectivity index (χ2n) is 6.72. The Hall–Kier alpha value is -1.88. The van der Waals surface area contributed by atoms with Crippen LogP contribution in [0, 0.1) is 0 Å². The maximum absolute atomic E-state index is 12.4. The zero-order valence-corrected chi connectivity index (χ0v) is 13.5. The number of hydrogen-bond acceptors (Lipinski definition) is 3. The number of rotatable bonds is 4. The molecule has 5 heteroatoms. The number of hydrogen-bond donors (Lipinski definition) is 2. The van der Waals surface area contributed by atoms with Crippen LogP contribution in [0.4, 0.5) is 5.69 Å². The van der Waals surface area contributed by atoms with Gasteiger partial charge in [0, 0.05) is 25.2 Å². The molecule has 3 rings (SSSR count). The maximum atomic E-state index is 12.4. The van der Waals surface area contributed by atoms with E-state index in [0.29, 0.717) is 13.0 Å². The summed E-state index contributed by atoms with van der Waals surface area (Å²) in [5.74, 6) is 0.120. The molecule has 1 aromatic rings. The summed E-state index contributed by atoms with van der Waals surface area (Å²) in [6, 6.07) is 7.82. The number of anilines is 1. The molecule has 3 N–H and O–H groups in total. The smallest absolute Gasteiger partial charge is 0.240 e. The van der Waals surface area contributed by atoms with Crippen LogP contribution in [0.2, 0.25) is 0 Å². The van der Waals surface area contributed by atoms with Crippen molar-refractivity contribution in [1.82, 2.24) is 5.32 Å². The molecule has 0 unspecified atom stereocenters. The number of nitrogens with two attached hydrogens (primary N) is 1. The van der Waals surface area contributed by atoms with E-state index in [2.05, 4.69) is 5.32 Å². The van der Waals surface area contributed by atoms with Crippen molar-refractivity contribution in [3.8, 4) is 0 Å². The van der Waals surface area contributed by atoms with Gasteiger partial charge in [-0.15, -0.1) is 0 Å². The summed E-state index contributed by atoms with van der Waals surface area (Å²) >= 11 is 0. The molecule has 0 aromatic heterocycles. The third-order valence-corrected chi connectivity index (χ3v) is 4.95. The van der Waals surface area contributed by atoms with E-state index in [4.69, 9.17) is 5.73 Å². The van der Waals surface area contributed by atoms with Gasteiger partial charge in [0.25, 0.3) is 0 Å². The highest BCUT2D eigenvalue weighted by Crippen LogP contribution is 2.26. The molecule has 1 saturated carbocycles. The third-order valence-electron chi connectivity index (χ3n) is 4.95. The fourth-order valence-corrected chi connectivity index (χ4v) is 3.52. The Kier molecular flexibility index (Phi) is 4.66. The van der Waals surface area contributed by atoms with Gasteiger partial charge in [-0.05, 0) is 37.0 Å². The molecule has 0 bridgehead atoms. The lowest BCUT2D eigenvalue weighted by atomic mass is 9.82. The van der Waals surface area contributed by atoms with Crippen molar-refractivity contribution in [2.75, 3.05) is 11.4 Å². The minimum atomic E-state index is -0.708. The second-order valence-corrected chi connectivity index (χ2v) is 6.72. The first-order valence-electron chi connectivity index (χ1n) is 8.55. The number of benzene rings is 1. The van der Waals surface area contributed by atoms with E-state index in [-0.39, 0.29) is 11.8 Å². The van der Waals surface area contributed by atoms with Gasteiger partial charge in [0.1, 0.15) is 0 Å². The predicted molar refractivity (Wildman–Crippen MR) is 89.9 cm³/mol. The molecular formula is C18H25N3O2. The van der Waals surface area contributed by atoms with Crippen molar-refractivity contribution in [2.45, 2.75) is 57.0 Å². The minimum Gasteiger partial charge on any atom is -0.350 e. The summed E-state index contributed by atoms with van der Waals surface area (Å²) in [6.07, 6.45) is 6.28. The third kappa shape index (κ3) is 3.55. The first kappa shape index (κ1) is 16.0. The standard InChI is InChI=1S/C18H25N3O2/c19-18(9-2-1-3-10-18)17(23)20-13-14-6-4-7-15(12-14)21-11-5-8-16(21)22/h4,6-7,12H,1-3,5,8-11,13,19H2,(H,20,23). The van der Waals surface area contributed by atoms with Gasteiger partial charge in [-0.3, -0.25) is 9.59 Å². The van der Waals surface area contributed by atoms with Crippen molar-refractivity contribution in [2.24, 2.45) is 5.73 Å². The molecule has 2 amide bonds. The molecule has 1 heterocycles. The molecule has 0 radical (unpaired) electrons. The SMILES string of the molecule is NC1(C(=O)NCc2cccc(N3CCCC3=O)c2)CCCCC1. The van der Waals surface area contributed by atoms with E-state index in [1.165, 1.54) is 0 Å². The van der Waals surface area contributed by atoms with Crippen LogP contribution >= 0.6 is 0 Å². The van der Waals surface area contributed by atoms with Gasteiger partial charge in [-0.25, -0.2) is 0 Å². The Labute approximate surface area is 137 Å². The molecule has 0 spiro atoms. The molecule has 1 aromatic carbocycles. The summed E-state index contributed by atoms with van der Waals surface area (Å²) in [7, 11) is 0. The second kappa shape index (κ2) is 6.71. The monoisotopic (exact) mass is 315 g/mol. The van der Waals surface area contributed by atoms with Gasteiger partial charge in [0.15, 0.2) is 0 Å². The quantitative estimate of drug-likeness (QED) is 0.893. The number of carbonyl (C=O) groups is 2. The Bertz CT molecular complexity index is 594. The fourth-order valence-electron chi connectivity index (χ4n) is 3.52. The summed E-state index contributed by atoms with van der Waals surface area (Å²) in [4.78, 5) is 26.0. The molecule has 1 saturated heterocycles. The van der Waals surface area contributed by atoms with Crippen LogP contribution in [-0.4, -0.2) is 23.9 Å². The highest BCUT2D eigenvalue weighted by molar-refractivity contribution is 5.95. The molecule has 2 fully saturated rings. The molecule has 5 nitrogen and oxygen atoms in total. The summed E-state index contributed by atoms with van der Waals surface area (Å²) in [6.45, 7) is 1.23. The van der Waals surface area contributed by atoms with Gasteiger partial charge in [0.2, 0.25) is 11.8 Å². The summed E-state index contributed by atoms with van der Waals surface area (Å²) < 4.78 is 0. The van der Waals surface area contributed by atoms with Crippen molar-refractivity contribution in [3.63, 3.8) is 0 Å². The lowest BCUT2D eigenvalue weighted by molar-refractivity contribution is -0.127. The number of nitrogens with one attached hydrogen (secondary N) is 1. The average Bonchev–Trinajstić information content (AvgIpc) is 2.99. The van der Waals surface area contributed by atoms with Gasteiger partial charge in [-0.2, -0.15) is 0 Å². The Balaban J connectivity index is 1.62. The van der Waals surface area contributed by atoms with Crippen molar-refractivity contribution >= 4 is 17.5 Å². The highest BCUT2D eigenvalue weighted by Gasteiger charge is 2.34. The largest absolute Gasteiger partial charge is 0.350 e. The molecule has 1 aliphatic carbocycles. The van der Waals surface area contributed by atoms with Crippen LogP contribution in [0.25, 0.3) is 0 Å². The zero-order valence-electron chi connectivity index (χ0n) is 13.5. The van der Waals surface area contributed by atoms with E-state index < -0.39 is 5.54 Å². The molecule has 124 valence electrons. The van der Waals surface area contributed by atoms with Gasteiger partial charge in [0.05, 0.1) is 5.54 Å². The van der Waals surface area contributed by atoms with Crippen molar-refractivity contribution in [1.29, 1.82) is 0 Å². The van der Waals surface area contributed by atoms with Gasteiger partial charge < -0.3 is 16.0 Å². The van der Waals surface area contributed by atoms with Crippen LogP contribution < -0.4 is 16.0 Å². The molecule has 23 heavy (non-hydrogen) atoms.